The first-order valence-corrected chi connectivity index (χ1v) is 36.3. The third-order valence-electron chi connectivity index (χ3n) is 16.9. The van der Waals surface area contributed by atoms with Crippen molar-refractivity contribution in [2.75, 3.05) is 0 Å². The van der Waals surface area contributed by atoms with Crippen LogP contribution in [0.3, 0.4) is 0 Å². The minimum atomic E-state index is -0.446. The molecule has 0 radical (unpaired) electrons. The molecule has 0 amide bonds. The second-order valence-electron chi connectivity index (χ2n) is 22.2. The van der Waals surface area contributed by atoms with Crippen molar-refractivity contribution in [3.63, 3.8) is 0 Å². The van der Waals surface area contributed by atoms with E-state index in [0.29, 0.717) is 66.5 Å². The van der Waals surface area contributed by atoms with Crippen LogP contribution in [-0.4, -0.2) is 45.0 Å². The van der Waals surface area contributed by atoms with E-state index in [2.05, 4.69) is 120 Å². The van der Waals surface area contributed by atoms with Crippen molar-refractivity contribution < 1.29 is 13.2 Å². The van der Waals surface area contributed by atoms with Gasteiger partial charge in [0.05, 0.1) is 26.2 Å². The van der Waals surface area contributed by atoms with E-state index in [1.54, 1.807) is 96.1 Å². The average molecular weight is 1410 g/mol. The minimum Gasteiger partial charge on any atom is -0.205 e. The van der Waals surface area contributed by atoms with E-state index in [1.165, 1.54) is 109 Å². The molecule has 17 aromatic rings. The van der Waals surface area contributed by atoms with E-state index in [0.717, 1.165) is 35.8 Å². The molecule has 17 rings (SSSR count). The molecule has 0 saturated heterocycles. The number of rotatable bonds is 5. The predicted molar refractivity (Wildman–Crippen MR) is 392 cm³/mol. The van der Waals surface area contributed by atoms with Crippen LogP contribution in [0.15, 0.2) is 100 Å². The normalized spacial score (nSPS) is 11.8. The van der Waals surface area contributed by atoms with E-state index in [-0.39, 0.29) is 15.1 Å². The molecule has 22 heteroatoms. The van der Waals surface area contributed by atoms with Gasteiger partial charge in [0.1, 0.15) is 33.1 Å². The molecular weight excluding hydrogens is 1350 g/mol. The molecule has 0 fully saturated rings. The van der Waals surface area contributed by atoms with Crippen LogP contribution in [0.25, 0.3) is 147 Å². The molecule has 10 heterocycles. The molecule has 462 valence electrons. The maximum atomic E-state index is 16.5. The highest BCUT2D eigenvalue weighted by Gasteiger charge is 2.30. The molecule has 0 bridgehead atoms. The second-order valence-corrected chi connectivity index (χ2v) is 30.2. The fraction of sp³-hybridized carbons (Fsp3) is 0.171. The molecule has 7 aromatic carbocycles. The smallest absolute Gasteiger partial charge is 0.153 e. The first-order chi connectivity index (χ1) is 44.3. The first kappa shape index (κ1) is 62.3. The molecule has 0 spiro atoms. The van der Waals surface area contributed by atoms with Crippen molar-refractivity contribution in [1.82, 2.24) is 45.0 Å². The molecule has 92 heavy (non-hydrogen) atoms. The summed E-state index contributed by atoms with van der Waals surface area (Å²) in [6, 6.07) is 25.9. The quantitative estimate of drug-likeness (QED) is 0.170. The number of thiophene rings is 7. The van der Waals surface area contributed by atoms with Crippen molar-refractivity contribution >= 4 is 208 Å². The fourth-order valence-electron chi connectivity index (χ4n) is 12.5. The van der Waals surface area contributed by atoms with Crippen LogP contribution in [0.2, 0.25) is 15.1 Å². The van der Waals surface area contributed by atoms with Crippen LogP contribution in [0.1, 0.15) is 52.8 Å². The van der Waals surface area contributed by atoms with E-state index in [9.17, 15) is 4.39 Å². The number of fused-ring (bicyclic) bond motifs is 9. The van der Waals surface area contributed by atoms with Crippen molar-refractivity contribution in [3.05, 3.63) is 172 Å². The Labute approximate surface area is 569 Å². The van der Waals surface area contributed by atoms with Crippen LogP contribution in [0.4, 0.5) is 13.2 Å². The van der Waals surface area contributed by atoms with Gasteiger partial charge >= 0.3 is 0 Å². The summed E-state index contributed by atoms with van der Waals surface area (Å²) in [5.41, 5.74) is 14.7. The third kappa shape index (κ3) is 9.81. The Hall–Kier alpha value is -7.14. The lowest BCUT2D eigenvalue weighted by atomic mass is 10.0. The zero-order valence-electron chi connectivity index (χ0n) is 51.5. The van der Waals surface area contributed by atoms with Gasteiger partial charge in [-0.3, -0.25) is 0 Å². The summed E-state index contributed by atoms with van der Waals surface area (Å²) in [6.07, 6.45) is 0. The molecular formula is C70H53Cl3F3N9S7. The summed E-state index contributed by atoms with van der Waals surface area (Å²) >= 11 is 31.2. The number of hydrogen-bond acceptors (Lipinski definition) is 13. The van der Waals surface area contributed by atoms with Crippen molar-refractivity contribution in [1.29, 1.82) is 0 Å². The highest BCUT2D eigenvalue weighted by molar-refractivity contribution is 7.24. The molecule has 0 unspecified atom stereocenters. The Balaban J connectivity index is 0.000000125. The van der Waals surface area contributed by atoms with E-state index in [4.69, 9.17) is 39.9 Å². The average Bonchev–Trinajstić information content (AvgIpc) is 1.51. The summed E-state index contributed by atoms with van der Waals surface area (Å²) in [5, 5.41) is 43.0. The summed E-state index contributed by atoms with van der Waals surface area (Å²) in [5.74, 6) is -1.33. The van der Waals surface area contributed by atoms with Gasteiger partial charge in [0, 0.05) is 91.1 Å². The van der Waals surface area contributed by atoms with E-state index >= 15 is 8.78 Å². The highest BCUT2D eigenvalue weighted by Crippen LogP contribution is 2.52. The lowest BCUT2D eigenvalue weighted by Crippen LogP contribution is -1.92. The number of aromatic nitrogens is 9. The molecule has 9 nitrogen and oxygen atoms in total. The minimum absolute atomic E-state index is 0.0948. The number of halogens is 6. The molecule has 0 saturated carbocycles. The molecule has 0 aliphatic heterocycles. The maximum Gasteiger partial charge on any atom is 0.153 e. The highest BCUT2D eigenvalue weighted by atomic mass is 35.5. The van der Waals surface area contributed by atoms with Crippen LogP contribution in [0.5, 0.6) is 0 Å². The number of benzene rings is 7. The predicted octanol–water partition coefficient (Wildman–Crippen LogP) is 24.2. The van der Waals surface area contributed by atoms with Gasteiger partial charge in [0.15, 0.2) is 17.5 Å². The fourth-order valence-corrected chi connectivity index (χ4v) is 20.9. The van der Waals surface area contributed by atoms with E-state index < -0.39 is 17.5 Å². The third-order valence-corrected chi connectivity index (χ3v) is 25.9. The zero-order valence-corrected chi connectivity index (χ0v) is 59.4. The number of hydrogen-bond donors (Lipinski definition) is 0. The van der Waals surface area contributed by atoms with Gasteiger partial charge in [-0.25, -0.2) is 13.2 Å². The van der Waals surface area contributed by atoms with Crippen molar-refractivity contribution in [3.8, 4) is 52.9 Å². The molecule has 10 aromatic heterocycles. The lowest BCUT2D eigenvalue weighted by Gasteiger charge is -2.08. The van der Waals surface area contributed by atoms with E-state index in [1.807, 2.05) is 61.7 Å². The standard InChI is InChI=1S/C31H21ClFN3S4.C23H15ClFN3S3.C14H11ClFN3.C2H6/c1-12-16-6-8-37-28(16)14(3)18-10-20(39-30(12)18)22-24(32)25(33)23(27-26(22)34-36(5)35-27)21-11-19-15(4)29-17(7-9-38-29)13(2)31(19)40-21;1-10-12-6-8-30-22(12)11(2)13-9-15(31-23(10)13)17-19(25)18(24)16(14-5-4-7-29-14)20-21(17)27-28(3)26-20;1-8-11(15)12(16)10(9-6-4-3-5-7-9)14-13(8)17-19(2)18-14;1-2/h6-11H,1-5H3;4-9H,1-3H3;3-7H,1-2H3;1-2H3. The topological polar surface area (TPSA) is 92.1 Å². The molecule has 0 aliphatic carbocycles. The monoisotopic (exact) mass is 1410 g/mol. The van der Waals surface area contributed by atoms with Crippen LogP contribution in [-0.2, 0) is 21.1 Å². The van der Waals surface area contributed by atoms with Gasteiger partial charge in [0.2, 0.25) is 0 Å². The van der Waals surface area contributed by atoms with Crippen molar-refractivity contribution in [2.24, 2.45) is 21.1 Å². The SMILES string of the molecule is CC.Cc1c(Cl)c(F)c(-c2ccccc2)c2nn(C)nc12.Cc1c2cc(-c3c(F)c(Cl)c(-c4cc5c(C)c6sccc6c(C)c5s4)c4nn(C)nc34)sc2c(C)c2ccsc12.Cc1c2cc(-c3c(F)c(Cl)c(-c4cccs4)c4nn(C)nc34)sc2c(C)c2ccsc12. The summed E-state index contributed by atoms with van der Waals surface area (Å²) in [7, 11) is 5.24. The first-order valence-electron chi connectivity index (χ1n) is 29.2. The lowest BCUT2D eigenvalue weighted by molar-refractivity contribution is 0.631. The van der Waals surface area contributed by atoms with Gasteiger partial charge in [-0.1, -0.05) is 85.0 Å². The van der Waals surface area contributed by atoms with Gasteiger partial charge in [0.25, 0.3) is 0 Å². The largest absolute Gasteiger partial charge is 0.205 e. The second kappa shape index (κ2) is 24.0. The summed E-state index contributed by atoms with van der Waals surface area (Å²) < 4.78 is 54.2. The molecule has 0 atom stereocenters. The summed E-state index contributed by atoms with van der Waals surface area (Å²) in [6.45, 7) is 18.6. The van der Waals surface area contributed by atoms with Gasteiger partial charge in [-0.2, -0.15) is 45.0 Å². The Kier molecular flexibility index (Phi) is 16.3. The van der Waals surface area contributed by atoms with Gasteiger partial charge in [-0.05, 0) is 184 Å². The number of nitrogens with zero attached hydrogens (tertiary/aromatic N) is 9. The zero-order chi connectivity index (χ0) is 64.6. The van der Waals surface area contributed by atoms with Gasteiger partial charge < -0.3 is 0 Å². The maximum absolute atomic E-state index is 16.5. The molecule has 0 aliphatic rings. The van der Waals surface area contributed by atoms with Crippen molar-refractivity contribution in [2.45, 2.75) is 62.3 Å². The Morgan fingerprint density at radius 3 is 1.05 bits per heavy atom. The Bertz CT molecular complexity index is 5520. The Morgan fingerprint density at radius 1 is 0.326 bits per heavy atom. The molecule has 0 N–H and O–H groups in total. The van der Waals surface area contributed by atoms with Crippen LogP contribution >= 0.6 is 114 Å². The number of aryl methyl sites for hydroxylation is 10. The summed E-state index contributed by atoms with van der Waals surface area (Å²) in [4.78, 5) is 7.86. The van der Waals surface area contributed by atoms with Crippen LogP contribution < -0.4 is 0 Å². The van der Waals surface area contributed by atoms with Crippen LogP contribution in [0, 0.1) is 65.9 Å². The Morgan fingerprint density at radius 2 is 0.663 bits per heavy atom. The van der Waals surface area contributed by atoms with Gasteiger partial charge in [-0.15, -0.1) is 79.4 Å².